The molecule has 90 valence electrons. The van der Waals surface area contributed by atoms with Crippen molar-refractivity contribution in [3.8, 4) is 6.07 Å². The van der Waals surface area contributed by atoms with Crippen LogP contribution in [0.5, 0.6) is 0 Å². The zero-order chi connectivity index (χ0) is 12.3. The van der Waals surface area contributed by atoms with Gasteiger partial charge in [0.05, 0.1) is 24.8 Å². The molecule has 17 heavy (non-hydrogen) atoms. The Labute approximate surface area is 110 Å². The van der Waals surface area contributed by atoms with Gasteiger partial charge >= 0.3 is 0 Å². The standard InChI is InChI=1S/C13H15BrN2O/c1-10(8-15)16-5-6-17-13(9-16)11-3-2-4-12(14)7-11/h2-4,7,10,13H,5-6,9H2,1H3/t10-,13-/m1/s1. The molecule has 2 rings (SSSR count). The second kappa shape index (κ2) is 5.63. The van der Waals surface area contributed by atoms with E-state index >= 15 is 0 Å². The number of halogens is 1. The van der Waals surface area contributed by atoms with Crippen LogP contribution in [-0.4, -0.2) is 30.6 Å². The van der Waals surface area contributed by atoms with E-state index in [0.29, 0.717) is 6.61 Å². The summed E-state index contributed by atoms with van der Waals surface area (Å²) in [5.41, 5.74) is 1.16. The Balaban J connectivity index is 2.10. The Morgan fingerprint density at radius 2 is 2.41 bits per heavy atom. The predicted octanol–water partition coefficient (Wildman–Crippen LogP) is 2.73. The van der Waals surface area contributed by atoms with Gasteiger partial charge in [0, 0.05) is 17.6 Å². The van der Waals surface area contributed by atoms with Gasteiger partial charge < -0.3 is 4.74 Å². The fourth-order valence-electron chi connectivity index (χ4n) is 2.01. The van der Waals surface area contributed by atoms with E-state index < -0.39 is 0 Å². The SMILES string of the molecule is C[C@H](C#N)N1CCO[C@@H](c2cccc(Br)c2)C1. The molecule has 2 atom stereocenters. The van der Waals surface area contributed by atoms with Crippen LogP contribution in [0.3, 0.4) is 0 Å². The van der Waals surface area contributed by atoms with Crippen LogP contribution in [-0.2, 0) is 4.74 Å². The Morgan fingerprint density at radius 3 is 3.12 bits per heavy atom. The van der Waals surface area contributed by atoms with E-state index in [2.05, 4.69) is 39.0 Å². The van der Waals surface area contributed by atoms with Crippen LogP contribution in [0, 0.1) is 11.3 Å². The maximum Gasteiger partial charge on any atom is 0.0953 e. The van der Waals surface area contributed by atoms with Gasteiger partial charge in [-0.2, -0.15) is 5.26 Å². The average molecular weight is 295 g/mol. The lowest BCUT2D eigenvalue weighted by Crippen LogP contribution is -2.42. The first-order chi connectivity index (χ1) is 8.20. The predicted molar refractivity (Wildman–Crippen MR) is 69.5 cm³/mol. The maximum absolute atomic E-state index is 8.95. The summed E-state index contributed by atoms with van der Waals surface area (Å²) in [6.45, 7) is 4.23. The van der Waals surface area contributed by atoms with Crippen molar-refractivity contribution >= 4 is 15.9 Å². The zero-order valence-electron chi connectivity index (χ0n) is 9.77. The highest BCUT2D eigenvalue weighted by Gasteiger charge is 2.25. The number of nitriles is 1. The summed E-state index contributed by atoms with van der Waals surface area (Å²) in [6.07, 6.45) is 0.0667. The topological polar surface area (TPSA) is 36.3 Å². The van der Waals surface area contributed by atoms with E-state index in [1.54, 1.807) is 0 Å². The van der Waals surface area contributed by atoms with Crippen LogP contribution in [0.4, 0.5) is 0 Å². The van der Waals surface area contributed by atoms with Crippen molar-refractivity contribution in [1.82, 2.24) is 4.90 Å². The van der Waals surface area contributed by atoms with Crippen molar-refractivity contribution in [3.63, 3.8) is 0 Å². The number of hydrogen-bond acceptors (Lipinski definition) is 3. The fourth-order valence-corrected chi connectivity index (χ4v) is 2.43. The molecule has 3 nitrogen and oxygen atoms in total. The van der Waals surface area contributed by atoms with Crippen LogP contribution in [0.2, 0.25) is 0 Å². The molecule has 0 unspecified atom stereocenters. The van der Waals surface area contributed by atoms with Gasteiger partial charge in [0.2, 0.25) is 0 Å². The lowest BCUT2D eigenvalue weighted by molar-refractivity contribution is -0.0359. The molecular formula is C13H15BrN2O. The molecule has 0 aliphatic carbocycles. The number of morpholine rings is 1. The Bertz CT molecular complexity index is 430. The van der Waals surface area contributed by atoms with E-state index in [4.69, 9.17) is 10.00 Å². The summed E-state index contributed by atoms with van der Waals surface area (Å²) < 4.78 is 6.83. The molecule has 1 aromatic carbocycles. The van der Waals surface area contributed by atoms with Gasteiger partial charge in [-0.1, -0.05) is 28.1 Å². The third-order valence-corrected chi connectivity index (χ3v) is 3.55. The van der Waals surface area contributed by atoms with Gasteiger partial charge in [-0.25, -0.2) is 0 Å². The first-order valence-corrected chi connectivity index (χ1v) is 6.50. The highest BCUT2D eigenvalue weighted by molar-refractivity contribution is 9.10. The Kier molecular flexibility index (Phi) is 4.16. The van der Waals surface area contributed by atoms with Crippen molar-refractivity contribution in [1.29, 1.82) is 5.26 Å². The second-order valence-corrected chi connectivity index (χ2v) is 5.13. The molecule has 0 spiro atoms. The molecule has 1 aromatic rings. The van der Waals surface area contributed by atoms with Crippen molar-refractivity contribution < 1.29 is 4.74 Å². The van der Waals surface area contributed by atoms with Crippen molar-refractivity contribution in [2.75, 3.05) is 19.7 Å². The minimum Gasteiger partial charge on any atom is -0.371 e. The number of ether oxygens (including phenoxy) is 1. The van der Waals surface area contributed by atoms with Crippen molar-refractivity contribution in [3.05, 3.63) is 34.3 Å². The third-order valence-electron chi connectivity index (χ3n) is 3.05. The molecule has 0 amide bonds. The number of hydrogen-bond donors (Lipinski definition) is 0. The van der Waals surface area contributed by atoms with Gasteiger partial charge in [-0.3, -0.25) is 4.90 Å². The average Bonchev–Trinajstić information content (AvgIpc) is 2.38. The van der Waals surface area contributed by atoms with E-state index in [9.17, 15) is 0 Å². The highest BCUT2D eigenvalue weighted by atomic mass is 79.9. The Morgan fingerprint density at radius 1 is 1.59 bits per heavy atom. The second-order valence-electron chi connectivity index (χ2n) is 4.21. The van der Waals surface area contributed by atoms with Gasteiger partial charge in [0.25, 0.3) is 0 Å². The van der Waals surface area contributed by atoms with Crippen LogP contribution < -0.4 is 0 Å². The van der Waals surface area contributed by atoms with E-state index in [-0.39, 0.29) is 12.1 Å². The number of nitrogens with zero attached hydrogens (tertiary/aromatic N) is 2. The summed E-state index contributed by atoms with van der Waals surface area (Å²) >= 11 is 3.46. The minimum atomic E-state index is -0.0476. The first-order valence-electron chi connectivity index (χ1n) is 5.71. The van der Waals surface area contributed by atoms with Gasteiger partial charge in [-0.05, 0) is 24.6 Å². The van der Waals surface area contributed by atoms with Gasteiger partial charge in [-0.15, -0.1) is 0 Å². The maximum atomic E-state index is 8.95. The number of benzene rings is 1. The summed E-state index contributed by atoms with van der Waals surface area (Å²) in [4.78, 5) is 2.16. The molecule has 1 saturated heterocycles. The monoisotopic (exact) mass is 294 g/mol. The minimum absolute atomic E-state index is 0.0476. The van der Waals surface area contributed by atoms with E-state index in [1.807, 2.05) is 19.1 Å². The van der Waals surface area contributed by atoms with Crippen LogP contribution in [0.25, 0.3) is 0 Å². The molecule has 0 aromatic heterocycles. The third kappa shape index (κ3) is 3.06. The molecule has 1 aliphatic rings. The molecule has 0 radical (unpaired) electrons. The quantitative estimate of drug-likeness (QED) is 0.841. The molecule has 0 saturated carbocycles. The summed E-state index contributed by atoms with van der Waals surface area (Å²) in [7, 11) is 0. The molecule has 1 heterocycles. The smallest absolute Gasteiger partial charge is 0.0953 e. The van der Waals surface area contributed by atoms with Gasteiger partial charge in [0.15, 0.2) is 0 Å². The van der Waals surface area contributed by atoms with Gasteiger partial charge in [0.1, 0.15) is 0 Å². The largest absolute Gasteiger partial charge is 0.371 e. The molecule has 1 fully saturated rings. The lowest BCUT2D eigenvalue weighted by atomic mass is 10.1. The zero-order valence-corrected chi connectivity index (χ0v) is 11.4. The fraction of sp³-hybridized carbons (Fsp3) is 0.462. The molecule has 1 aliphatic heterocycles. The van der Waals surface area contributed by atoms with E-state index in [0.717, 1.165) is 23.1 Å². The molecular weight excluding hydrogens is 280 g/mol. The Hall–Kier alpha value is -0.890. The van der Waals surface area contributed by atoms with Crippen LogP contribution in [0.15, 0.2) is 28.7 Å². The highest BCUT2D eigenvalue weighted by Crippen LogP contribution is 2.25. The summed E-state index contributed by atoms with van der Waals surface area (Å²) in [6, 6.07) is 10.4. The lowest BCUT2D eigenvalue weighted by Gasteiger charge is -2.34. The van der Waals surface area contributed by atoms with Crippen molar-refractivity contribution in [2.45, 2.75) is 19.1 Å². The summed E-state index contributed by atoms with van der Waals surface area (Å²) in [5, 5.41) is 8.95. The molecule has 4 heteroatoms. The molecule has 0 bridgehead atoms. The normalized spacial score (nSPS) is 23.0. The van der Waals surface area contributed by atoms with Crippen molar-refractivity contribution in [2.24, 2.45) is 0 Å². The molecule has 0 N–H and O–H groups in total. The summed E-state index contributed by atoms with van der Waals surface area (Å²) in [5.74, 6) is 0. The van der Waals surface area contributed by atoms with E-state index in [1.165, 1.54) is 0 Å². The van der Waals surface area contributed by atoms with Crippen LogP contribution in [0.1, 0.15) is 18.6 Å². The number of rotatable bonds is 2. The van der Waals surface area contributed by atoms with Crippen LogP contribution >= 0.6 is 15.9 Å². The first kappa shape index (κ1) is 12.6.